The van der Waals surface area contributed by atoms with E-state index in [9.17, 15) is 9.90 Å². The predicted molar refractivity (Wildman–Crippen MR) is 79.9 cm³/mol. The molecule has 5 nitrogen and oxygen atoms in total. The highest BCUT2D eigenvalue weighted by atomic mass is 16.6. The lowest BCUT2D eigenvalue weighted by molar-refractivity contribution is -0.151. The van der Waals surface area contributed by atoms with Crippen LogP contribution < -0.4 is 14.8 Å². The average Bonchev–Trinajstić information content (AvgIpc) is 2.44. The molecular formula is C16H23NO4. The SMILES string of the molecule is CC(C)(NCC1COc2ccccc2O1)C(C)(C)C(=O)O. The molecule has 5 heteroatoms. The van der Waals surface area contributed by atoms with E-state index in [0.29, 0.717) is 13.2 Å². The third-order valence-corrected chi connectivity index (χ3v) is 4.44. The van der Waals surface area contributed by atoms with Crippen molar-refractivity contribution in [1.29, 1.82) is 0 Å². The quantitative estimate of drug-likeness (QED) is 0.872. The fourth-order valence-corrected chi connectivity index (χ4v) is 2.02. The van der Waals surface area contributed by atoms with Crippen LogP contribution in [0.15, 0.2) is 24.3 Å². The molecule has 1 aromatic carbocycles. The summed E-state index contributed by atoms with van der Waals surface area (Å²) < 4.78 is 11.5. The minimum Gasteiger partial charge on any atom is -0.486 e. The molecular weight excluding hydrogens is 270 g/mol. The molecule has 0 aromatic heterocycles. The molecule has 0 bridgehead atoms. The van der Waals surface area contributed by atoms with Crippen LogP contribution in [0.3, 0.4) is 0 Å². The van der Waals surface area contributed by atoms with Crippen molar-refractivity contribution < 1.29 is 19.4 Å². The number of benzene rings is 1. The standard InChI is InChI=1S/C16H23NO4/c1-15(2,14(18)19)16(3,4)17-9-11-10-20-12-7-5-6-8-13(12)21-11/h5-8,11,17H,9-10H2,1-4H3,(H,18,19). The van der Waals surface area contributed by atoms with Gasteiger partial charge in [-0.25, -0.2) is 0 Å². The third-order valence-electron chi connectivity index (χ3n) is 4.44. The van der Waals surface area contributed by atoms with Crippen LogP contribution >= 0.6 is 0 Å². The summed E-state index contributed by atoms with van der Waals surface area (Å²) in [5.41, 5.74) is -1.46. The van der Waals surface area contributed by atoms with E-state index in [1.807, 2.05) is 38.1 Å². The zero-order chi connectivity index (χ0) is 15.7. The number of aliphatic carboxylic acids is 1. The molecule has 1 aromatic rings. The molecule has 0 radical (unpaired) electrons. The molecule has 116 valence electrons. The molecule has 1 unspecified atom stereocenters. The second-order valence-electron chi connectivity index (χ2n) is 6.43. The Kier molecular flexibility index (Phi) is 4.14. The summed E-state index contributed by atoms with van der Waals surface area (Å²) in [5.74, 6) is 0.649. The number of ether oxygens (including phenoxy) is 2. The minimum atomic E-state index is -0.888. The first kappa shape index (κ1) is 15.6. The van der Waals surface area contributed by atoms with Crippen molar-refractivity contribution in [3.8, 4) is 11.5 Å². The van der Waals surface area contributed by atoms with Crippen LogP contribution in [0.25, 0.3) is 0 Å². The van der Waals surface area contributed by atoms with Gasteiger partial charge in [0.1, 0.15) is 12.7 Å². The number of hydrogen-bond acceptors (Lipinski definition) is 4. The number of para-hydroxylation sites is 2. The van der Waals surface area contributed by atoms with Crippen LogP contribution in [-0.2, 0) is 4.79 Å². The lowest BCUT2D eigenvalue weighted by atomic mass is 9.74. The second kappa shape index (κ2) is 5.56. The normalized spacial score (nSPS) is 18.4. The van der Waals surface area contributed by atoms with Gasteiger partial charge in [0, 0.05) is 12.1 Å². The van der Waals surface area contributed by atoms with Gasteiger partial charge < -0.3 is 19.9 Å². The van der Waals surface area contributed by atoms with E-state index in [0.717, 1.165) is 11.5 Å². The summed E-state index contributed by atoms with van der Waals surface area (Å²) in [5, 5.41) is 12.6. The van der Waals surface area contributed by atoms with Gasteiger partial charge in [-0.2, -0.15) is 0 Å². The third kappa shape index (κ3) is 3.13. The molecule has 1 heterocycles. The Morgan fingerprint density at radius 3 is 2.52 bits per heavy atom. The summed E-state index contributed by atoms with van der Waals surface area (Å²) in [6, 6.07) is 7.54. The van der Waals surface area contributed by atoms with Crippen molar-refractivity contribution in [2.45, 2.75) is 39.3 Å². The largest absolute Gasteiger partial charge is 0.486 e. The van der Waals surface area contributed by atoms with Crippen LogP contribution in [0.1, 0.15) is 27.7 Å². The number of nitrogens with one attached hydrogen (secondary N) is 1. The van der Waals surface area contributed by atoms with Crippen LogP contribution in [0.4, 0.5) is 0 Å². The van der Waals surface area contributed by atoms with Crippen LogP contribution in [-0.4, -0.2) is 35.9 Å². The first-order chi connectivity index (χ1) is 9.74. The molecule has 0 amide bonds. The minimum absolute atomic E-state index is 0.135. The zero-order valence-electron chi connectivity index (χ0n) is 13.0. The summed E-state index contributed by atoms with van der Waals surface area (Å²) >= 11 is 0. The maximum absolute atomic E-state index is 11.4. The molecule has 1 aliphatic heterocycles. The Morgan fingerprint density at radius 1 is 1.29 bits per heavy atom. The van der Waals surface area contributed by atoms with E-state index >= 15 is 0 Å². The monoisotopic (exact) mass is 293 g/mol. The number of fused-ring (bicyclic) bond motifs is 1. The topological polar surface area (TPSA) is 67.8 Å². The highest BCUT2D eigenvalue weighted by molar-refractivity contribution is 5.75. The summed E-state index contributed by atoms with van der Waals surface area (Å²) in [4.78, 5) is 11.4. The number of rotatable bonds is 5. The smallest absolute Gasteiger partial charge is 0.310 e. The van der Waals surface area contributed by atoms with Crippen molar-refractivity contribution in [3.05, 3.63) is 24.3 Å². The first-order valence-corrected chi connectivity index (χ1v) is 7.11. The van der Waals surface area contributed by atoms with Gasteiger partial charge in [-0.15, -0.1) is 0 Å². The van der Waals surface area contributed by atoms with E-state index in [1.165, 1.54) is 0 Å². The number of carboxylic acids is 1. The van der Waals surface area contributed by atoms with E-state index < -0.39 is 16.9 Å². The van der Waals surface area contributed by atoms with Gasteiger partial charge in [0.15, 0.2) is 11.5 Å². The van der Waals surface area contributed by atoms with E-state index in [1.54, 1.807) is 13.8 Å². The van der Waals surface area contributed by atoms with Gasteiger partial charge in [-0.3, -0.25) is 4.79 Å². The Hall–Kier alpha value is -1.75. The lowest BCUT2D eigenvalue weighted by Gasteiger charge is -2.40. The zero-order valence-corrected chi connectivity index (χ0v) is 13.0. The van der Waals surface area contributed by atoms with E-state index in [2.05, 4.69) is 5.32 Å². The lowest BCUT2D eigenvalue weighted by Crippen LogP contribution is -2.57. The fourth-order valence-electron chi connectivity index (χ4n) is 2.02. The Labute approximate surface area is 125 Å². The van der Waals surface area contributed by atoms with Gasteiger partial charge in [-0.1, -0.05) is 12.1 Å². The van der Waals surface area contributed by atoms with E-state index in [4.69, 9.17) is 9.47 Å². The van der Waals surface area contributed by atoms with Crippen LogP contribution in [0, 0.1) is 5.41 Å². The van der Waals surface area contributed by atoms with Crippen molar-refractivity contribution in [2.75, 3.05) is 13.2 Å². The van der Waals surface area contributed by atoms with Gasteiger partial charge in [0.05, 0.1) is 5.41 Å². The summed E-state index contributed by atoms with van der Waals surface area (Å²) in [6.07, 6.45) is -0.135. The molecule has 0 spiro atoms. The molecule has 1 atom stereocenters. The molecule has 0 fully saturated rings. The molecule has 2 N–H and O–H groups in total. The second-order valence-corrected chi connectivity index (χ2v) is 6.43. The van der Waals surface area contributed by atoms with Gasteiger partial charge in [-0.05, 0) is 39.8 Å². The van der Waals surface area contributed by atoms with Gasteiger partial charge in [0.25, 0.3) is 0 Å². The van der Waals surface area contributed by atoms with E-state index in [-0.39, 0.29) is 6.10 Å². The average molecular weight is 293 g/mol. The van der Waals surface area contributed by atoms with Gasteiger partial charge in [0.2, 0.25) is 0 Å². The molecule has 0 saturated carbocycles. The first-order valence-electron chi connectivity index (χ1n) is 7.11. The number of carbonyl (C=O) groups is 1. The van der Waals surface area contributed by atoms with Crippen LogP contribution in [0.2, 0.25) is 0 Å². The van der Waals surface area contributed by atoms with Gasteiger partial charge >= 0.3 is 5.97 Å². The summed E-state index contributed by atoms with van der Waals surface area (Å²) in [6.45, 7) is 8.19. The highest BCUT2D eigenvalue weighted by Gasteiger charge is 2.43. The van der Waals surface area contributed by atoms with Crippen molar-refractivity contribution in [3.63, 3.8) is 0 Å². The number of hydrogen-bond donors (Lipinski definition) is 2. The maximum atomic E-state index is 11.4. The van der Waals surface area contributed by atoms with Crippen molar-refractivity contribution in [1.82, 2.24) is 5.32 Å². The fraction of sp³-hybridized carbons (Fsp3) is 0.562. The van der Waals surface area contributed by atoms with Crippen molar-refractivity contribution in [2.24, 2.45) is 5.41 Å². The van der Waals surface area contributed by atoms with Crippen LogP contribution in [0.5, 0.6) is 11.5 Å². The molecule has 2 rings (SSSR count). The van der Waals surface area contributed by atoms with Crippen molar-refractivity contribution >= 4 is 5.97 Å². The summed E-state index contributed by atoms with van der Waals surface area (Å²) in [7, 11) is 0. The Balaban J connectivity index is 1.97. The molecule has 21 heavy (non-hydrogen) atoms. The molecule has 0 aliphatic carbocycles. The molecule has 0 saturated heterocycles. The highest BCUT2D eigenvalue weighted by Crippen LogP contribution is 2.32. The Morgan fingerprint density at radius 2 is 1.90 bits per heavy atom. The predicted octanol–water partition coefficient (Wildman–Crippen LogP) is 2.31. The number of carboxylic acid groups (broad SMARTS) is 1. The Bertz CT molecular complexity index is 525. The molecule has 1 aliphatic rings. The maximum Gasteiger partial charge on any atom is 0.310 e.